The van der Waals surface area contributed by atoms with Crippen LogP contribution in [0.1, 0.15) is 52.9 Å². The number of nitrogens with zero attached hydrogens (tertiary/aromatic N) is 1. The molecule has 158 valence electrons. The van der Waals surface area contributed by atoms with Gasteiger partial charge in [-0.05, 0) is 54.9 Å². The molecular formula is C25H25N3O3. The summed E-state index contributed by atoms with van der Waals surface area (Å²) in [6.45, 7) is 3.49. The van der Waals surface area contributed by atoms with E-state index in [2.05, 4.69) is 17.2 Å². The Kier molecular flexibility index (Phi) is 4.46. The molecule has 1 atom stereocenters. The van der Waals surface area contributed by atoms with Crippen LogP contribution in [0.25, 0.3) is 10.9 Å². The molecule has 0 unspecified atom stereocenters. The maximum Gasteiger partial charge on any atom is 0.325 e. The smallest absolute Gasteiger partial charge is 0.325 e. The van der Waals surface area contributed by atoms with E-state index in [-0.39, 0.29) is 12.3 Å². The summed E-state index contributed by atoms with van der Waals surface area (Å²) >= 11 is 0. The average molecular weight is 415 g/mol. The van der Waals surface area contributed by atoms with E-state index in [4.69, 9.17) is 0 Å². The van der Waals surface area contributed by atoms with Crippen LogP contribution in [0.2, 0.25) is 0 Å². The minimum absolute atomic E-state index is 0.263. The van der Waals surface area contributed by atoms with Gasteiger partial charge in [0.15, 0.2) is 5.78 Å². The summed E-state index contributed by atoms with van der Waals surface area (Å²) in [4.78, 5) is 43.3. The summed E-state index contributed by atoms with van der Waals surface area (Å²) in [6.07, 6.45) is 5.67. The zero-order valence-electron chi connectivity index (χ0n) is 17.7. The number of benzene rings is 2. The van der Waals surface area contributed by atoms with Crippen molar-refractivity contribution >= 4 is 28.6 Å². The minimum Gasteiger partial charge on any atom is -0.360 e. The van der Waals surface area contributed by atoms with Gasteiger partial charge >= 0.3 is 6.03 Å². The van der Waals surface area contributed by atoms with E-state index < -0.39 is 17.5 Å². The predicted octanol–water partition coefficient (Wildman–Crippen LogP) is 3.87. The molecule has 6 heteroatoms. The summed E-state index contributed by atoms with van der Waals surface area (Å²) in [5.41, 5.74) is 4.69. The fraction of sp³-hybridized carbons (Fsp3) is 0.320. The van der Waals surface area contributed by atoms with E-state index in [9.17, 15) is 14.4 Å². The highest BCUT2D eigenvalue weighted by Gasteiger charge is 2.49. The van der Waals surface area contributed by atoms with Crippen LogP contribution in [-0.4, -0.2) is 34.2 Å². The Bertz CT molecular complexity index is 1240. The first-order valence-electron chi connectivity index (χ1n) is 10.8. The van der Waals surface area contributed by atoms with Gasteiger partial charge in [-0.2, -0.15) is 0 Å². The summed E-state index contributed by atoms with van der Waals surface area (Å²) in [5.74, 6) is -0.654. The van der Waals surface area contributed by atoms with Crippen LogP contribution in [0.15, 0.2) is 42.6 Å². The molecule has 6 nitrogen and oxygen atoms in total. The number of carbonyl (C=O) groups excluding carboxylic acids is 3. The summed E-state index contributed by atoms with van der Waals surface area (Å²) in [6, 6.07) is 11.3. The quantitative estimate of drug-likeness (QED) is 0.490. The van der Waals surface area contributed by atoms with Gasteiger partial charge in [0.1, 0.15) is 5.54 Å². The Balaban J connectivity index is 1.42. The molecule has 1 fully saturated rings. The lowest BCUT2D eigenvalue weighted by atomic mass is 9.89. The normalized spacial score (nSPS) is 20.4. The summed E-state index contributed by atoms with van der Waals surface area (Å²) in [5, 5.41) is 3.64. The number of aromatic nitrogens is 1. The number of imide groups is 1. The zero-order chi connectivity index (χ0) is 21.8. The molecule has 1 aromatic heterocycles. The number of nitrogens with one attached hydrogen (secondary N) is 2. The van der Waals surface area contributed by atoms with Crippen molar-refractivity contribution in [1.29, 1.82) is 0 Å². The lowest BCUT2D eigenvalue weighted by Crippen LogP contribution is -2.41. The first-order chi connectivity index (χ1) is 14.9. The Morgan fingerprint density at radius 1 is 1.13 bits per heavy atom. The molecule has 2 aliphatic rings. The third-order valence-electron chi connectivity index (χ3n) is 6.74. The highest BCUT2D eigenvalue weighted by Crippen LogP contribution is 2.33. The zero-order valence-corrected chi connectivity index (χ0v) is 17.7. The lowest BCUT2D eigenvalue weighted by Gasteiger charge is -2.23. The number of urea groups is 1. The largest absolute Gasteiger partial charge is 0.360 e. The van der Waals surface area contributed by atoms with Crippen LogP contribution in [0.5, 0.6) is 0 Å². The van der Waals surface area contributed by atoms with Gasteiger partial charge in [-0.15, -0.1) is 0 Å². The summed E-state index contributed by atoms with van der Waals surface area (Å²) < 4.78 is 0. The fourth-order valence-corrected chi connectivity index (χ4v) is 4.89. The van der Waals surface area contributed by atoms with Crippen molar-refractivity contribution in [1.82, 2.24) is 15.2 Å². The number of aromatic amines is 1. The highest BCUT2D eigenvalue weighted by atomic mass is 16.2. The van der Waals surface area contributed by atoms with Crippen LogP contribution in [-0.2, 0) is 29.6 Å². The molecule has 2 N–H and O–H groups in total. The van der Waals surface area contributed by atoms with E-state index in [0.717, 1.165) is 52.6 Å². The van der Waals surface area contributed by atoms with E-state index in [1.807, 2.05) is 36.4 Å². The second kappa shape index (κ2) is 7.08. The maximum absolute atomic E-state index is 13.3. The van der Waals surface area contributed by atoms with Crippen LogP contribution < -0.4 is 5.32 Å². The molecule has 0 spiro atoms. The number of H-pyrrole nitrogens is 1. The van der Waals surface area contributed by atoms with E-state index in [0.29, 0.717) is 5.56 Å². The number of carbonyl (C=O) groups is 3. The molecule has 3 aromatic rings. The molecule has 1 saturated heterocycles. The Hall–Kier alpha value is -3.41. The molecular weight excluding hydrogens is 390 g/mol. The Morgan fingerprint density at radius 2 is 1.94 bits per heavy atom. The molecule has 31 heavy (non-hydrogen) atoms. The molecule has 1 aliphatic heterocycles. The fourth-order valence-electron chi connectivity index (χ4n) is 4.89. The van der Waals surface area contributed by atoms with E-state index in [1.165, 1.54) is 11.1 Å². The number of ketones is 1. The van der Waals surface area contributed by atoms with Crippen molar-refractivity contribution in [3.63, 3.8) is 0 Å². The van der Waals surface area contributed by atoms with Gasteiger partial charge in [0, 0.05) is 22.7 Å². The Morgan fingerprint density at radius 3 is 2.74 bits per heavy atom. The van der Waals surface area contributed by atoms with Crippen molar-refractivity contribution in [2.75, 3.05) is 6.54 Å². The molecule has 3 amide bonds. The monoisotopic (exact) mass is 415 g/mol. The second-order valence-corrected chi connectivity index (χ2v) is 8.60. The first-order valence-corrected chi connectivity index (χ1v) is 10.8. The highest BCUT2D eigenvalue weighted by molar-refractivity contribution is 6.14. The van der Waals surface area contributed by atoms with Crippen LogP contribution in [0.4, 0.5) is 4.79 Å². The van der Waals surface area contributed by atoms with Gasteiger partial charge in [-0.1, -0.05) is 43.3 Å². The number of hydrogen-bond acceptors (Lipinski definition) is 3. The van der Waals surface area contributed by atoms with Crippen molar-refractivity contribution in [3.8, 4) is 0 Å². The number of amides is 3. The molecule has 2 heterocycles. The van der Waals surface area contributed by atoms with Crippen LogP contribution in [0.3, 0.4) is 0 Å². The maximum atomic E-state index is 13.3. The van der Waals surface area contributed by atoms with Crippen molar-refractivity contribution in [2.45, 2.75) is 45.1 Å². The molecule has 1 aliphatic carbocycles. The molecule has 0 bridgehead atoms. The summed E-state index contributed by atoms with van der Waals surface area (Å²) in [7, 11) is 0. The molecule has 0 saturated carbocycles. The number of rotatable bonds is 5. The van der Waals surface area contributed by atoms with Crippen molar-refractivity contribution in [3.05, 3.63) is 70.4 Å². The third-order valence-corrected chi connectivity index (χ3v) is 6.74. The van der Waals surface area contributed by atoms with Gasteiger partial charge in [0.2, 0.25) is 0 Å². The Labute approximate surface area is 180 Å². The van der Waals surface area contributed by atoms with Crippen molar-refractivity contribution in [2.24, 2.45) is 0 Å². The lowest BCUT2D eigenvalue weighted by molar-refractivity contribution is -0.130. The number of hydrogen-bond donors (Lipinski definition) is 2. The third kappa shape index (κ3) is 2.97. The van der Waals surface area contributed by atoms with Crippen LogP contribution in [0, 0.1) is 0 Å². The topological polar surface area (TPSA) is 82.3 Å². The van der Waals surface area contributed by atoms with Gasteiger partial charge in [0.25, 0.3) is 5.91 Å². The number of fused-ring (bicyclic) bond motifs is 2. The average Bonchev–Trinajstić information content (AvgIpc) is 3.46. The van der Waals surface area contributed by atoms with Crippen LogP contribution >= 0.6 is 0 Å². The van der Waals surface area contributed by atoms with Gasteiger partial charge in [0.05, 0.1) is 6.54 Å². The molecule has 0 radical (unpaired) electrons. The SMILES string of the molecule is CCc1cccc2c(C(=O)CN3C(=O)N[C@](C)(c4ccc5c(c4)CCC5)C3=O)c[nH]c12. The number of para-hydroxylation sites is 1. The van der Waals surface area contributed by atoms with Gasteiger partial charge in [-0.3, -0.25) is 14.5 Å². The molecule has 5 rings (SSSR count). The number of aryl methyl sites for hydroxylation is 3. The second-order valence-electron chi connectivity index (χ2n) is 8.60. The predicted molar refractivity (Wildman–Crippen MR) is 118 cm³/mol. The minimum atomic E-state index is -1.16. The standard InChI is InChI=1S/C25H25N3O3/c1-3-15-6-5-9-19-20(13-26-22(15)19)21(29)14-28-23(30)25(2,27-24(28)31)18-11-10-16-7-4-8-17(16)12-18/h5-6,9-13,26H,3-4,7-8,14H2,1-2H3,(H,27,31)/t25-/m1/s1. The first kappa shape index (κ1) is 19.5. The van der Waals surface area contributed by atoms with Crippen molar-refractivity contribution < 1.29 is 14.4 Å². The van der Waals surface area contributed by atoms with Gasteiger partial charge in [-0.25, -0.2) is 4.79 Å². The van der Waals surface area contributed by atoms with E-state index in [1.54, 1.807) is 13.1 Å². The van der Waals surface area contributed by atoms with Gasteiger partial charge < -0.3 is 10.3 Å². The number of Topliss-reactive ketones (excluding diaryl/α,β-unsaturated/α-hetero) is 1. The van der Waals surface area contributed by atoms with E-state index >= 15 is 0 Å². The molecule has 2 aromatic carbocycles.